The van der Waals surface area contributed by atoms with E-state index in [0.717, 1.165) is 12.5 Å². The Hall–Kier alpha value is -0.670. The predicted molar refractivity (Wildman–Crippen MR) is 85.1 cm³/mol. The van der Waals surface area contributed by atoms with E-state index in [0.29, 0.717) is 4.75 Å². The molecule has 0 bridgehead atoms. The van der Waals surface area contributed by atoms with Crippen molar-refractivity contribution in [2.24, 2.45) is 5.92 Å². The molecule has 1 unspecified atom stereocenters. The summed E-state index contributed by atoms with van der Waals surface area (Å²) in [5, 5.41) is 3.59. The minimum Gasteiger partial charge on any atom is -0.384 e. The van der Waals surface area contributed by atoms with E-state index in [1.54, 1.807) is 0 Å². The fourth-order valence-electron chi connectivity index (χ4n) is 3.27. The largest absolute Gasteiger partial charge is 0.384 e. The van der Waals surface area contributed by atoms with Gasteiger partial charge in [-0.1, -0.05) is 18.2 Å². The summed E-state index contributed by atoms with van der Waals surface area (Å²) in [6.07, 6.45) is 1.23. The Labute approximate surface area is 121 Å². The van der Waals surface area contributed by atoms with Gasteiger partial charge in [0.25, 0.3) is 0 Å². The van der Waals surface area contributed by atoms with E-state index in [1.807, 2.05) is 0 Å². The highest BCUT2D eigenvalue weighted by Crippen LogP contribution is 2.31. The van der Waals surface area contributed by atoms with Gasteiger partial charge >= 0.3 is 0 Å². The standard InChI is InChI=1S/C16H24N2S/c1-16(2)12-18(7-8-19-16)11-13-9-14-5-3-4-6-15(14)17-10-13/h3-6,13,17H,7-12H2,1-2H3. The third kappa shape index (κ3) is 3.26. The highest BCUT2D eigenvalue weighted by molar-refractivity contribution is 8.00. The van der Waals surface area contributed by atoms with E-state index < -0.39 is 0 Å². The molecule has 104 valence electrons. The van der Waals surface area contributed by atoms with Crippen molar-refractivity contribution in [3.63, 3.8) is 0 Å². The van der Waals surface area contributed by atoms with Crippen LogP contribution in [0.4, 0.5) is 5.69 Å². The molecule has 1 atom stereocenters. The lowest BCUT2D eigenvalue weighted by Crippen LogP contribution is -2.46. The zero-order valence-electron chi connectivity index (χ0n) is 12.0. The molecule has 0 spiro atoms. The smallest absolute Gasteiger partial charge is 0.0372 e. The van der Waals surface area contributed by atoms with Crippen LogP contribution in [0.1, 0.15) is 19.4 Å². The van der Waals surface area contributed by atoms with Gasteiger partial charge in [0.2, 0.25) is 0 Å². The third-order valence-electron chi connectivity index (χ3n) is 4.13. The molecule has 3 heteroatoms. The lowest BCUT2D eigenvalue weighted by molar-refractivity contribution is 0.222. The van der Waals surface area contributed by atoms with Crippen molar-refractivity contribution >= 4 is 17.4 Å². The lowest BCUT2D eigenvalue weighted by atomic mass is 9.93. The number of anilines is 1. The van der Waals surface area contributed by atoms with Crippen LogP contribution >= 0.6 is 11.8 Å². The van der Waals surface area contributed by atoms with Crippen molar-refractivity contribution in [2.75, 3.05) is 37.2 Å². The Morgan fingerprint density at radius 2 is 2.21 bits per heavy atom. The second kappa shape index (κ2) is 5.37. The molecule has 0 aliphatic carbocycles. The van der Waals surface area contributed by atoms with Gasteiger partial charge in [0, 0.05) is 42.4 Å². The summed E-state index contributed by atoms with van der Waals surface area (Å²) in [4.78, 5) is 2.66. The number of rotatable bonds is 2. The molecule has 1 aromatic rings. The monoisotopic (exact) mass is 276 g/mol. The second-order valence-electron chi connectivity index (χ2n) is 6.45. The van der Waals surface area contributed by atoms with Crippen molar-refractivity contribution in [2.45, 2.75) is 25.0 Å². The molecule has 0 amide bonds. The van der Waals surface area contributed by atoms with Crippen molar-refractivity contribution in [3.8, 4) is 0 Å². The topological polar surface area (TPSA) is 15.3 Å². The first-order chi connectivity index (χ1) is 9.12. The Kier molecular flexibility index (Phi) is 3.77. The summed E-state index contributed by atoms with van der Waals surface area (Å²) >= 11 is 2.12. The van der Waals surface area contributed by atoms with Crippen molar-refractivity contribution in [1.29, 1.82) is 0 Å². The van der Waals surface area contributed by atoms with E-state index in [9.17, 15) is 0 Å². The van der Waals surface area contributed by atoms with Gasteiger partial charge in [-0.05, 0) is 37.8 Å². The molecule has 1 fully saturated rings. The van der Waals surface area contributed by atoms with Gasteiger partial charge in [0.15, 0.2) is 0 Å². The Bertz CT molecular complexity index is 444. The molecule has 2 heterocycles. The first kappa shape index (κ1) is 13.3. The van der Waals surface area contributed by atoms with E-state index >= 15 is 0 Å². The maximum absolute atomic E-state index is 3.59. The van der Waals surface area contributed by atoms with E-state index in [4.69, 9.17) is 0 Å². The highest BCUT2D eigenvalue weighted by Gasteiger charge is 2.29. The number of thioether (sulfide) groups is 1. The fraction of sp³-hybridized carbons (Fsp3) is 0.625. The van der Waals surface area contributed by atoms with Crippen LogP contribution in [0, 0.1) is 5.92 Å². The number of fused-ring (bicyclic) bond motifs is 1. The van der Waals surface area contributed by atoms with Gasteiger partial charge in [-0.2, -0.15) is 11.8 Å². The number of hydrogen-bond acceptors (Lipinski definition) is 3. The molecule has 19 heavy (non-hydrogen) atoms. The average Bonchev–Trinajstić information content (AvgIpc) is 2.37. The first-order valence-electron chi connectivity index (χ1n) is 7.30. The average molecular weight is 276 g/mol. The second-order valence-corrected chi connectivity index (χ2v) is 8.25. The van der Waals surface area contributed by atoms with Gasteiger partial charge in [-0.15, -0.1) is 0 Å². The Morgan fingerprint density at radius 1 is 1.37 bits per heavy atom. The molecule has 1 N–H and O–H groups in total. The number of hydrogen-bond donors (Lipinski definition) is 1. The molecule has 0 saturated carbocycles. The number of nitrogens with one attached hydrogen (secondary N) is 1. The zero-order valence-corrected chi connectivity index (χ0v) is 12.8. The summed E-state index contributed by atoms with van der Waals surface area (Å²) < 4.78 is 0.429. The highest BCUT2D eigenvalue weighted by atomic mass is 32.2. The molecule has 1 saturated heterocycles. The molecule has 2 aliphatic heterocycles. The molecule has 1 aromatic carbocycles. The van der Waals surface area contributed by atoms with Crippen LogP contribution in [0.5, 0.6) is 0 Å². The quantitative estimate of drug-likeness (QED) is 0.893. The van der Waals surface area contributed by atoms with E-state index in [-0.39, 0.29) is 0 Å². The maximum Gasteiger partial charge on any atom is 0.0372 e. The first-order valence-corrected chi connectivity index (χ1v) is 8.29. The molecule has 3 rings (SSSR count). The summed E-state index contributed by atoms with van der Waals surface area (Å²) in [6, 6.07) is 8.75. The van der Waals surface area contributed by atoms with Crippen molar-refractivity contribution < 1.29 is 0 Å². The van der Waals surface area contributed by atoms with Gasteiger partial charge in [-0.3, -0.25) is 0 Å². The minimum atomic E-state index is 0.429. The van der Waals surface area contributed by atoms with Crippen molar-refractivity contribution in [1.82, 2.24) is 4.90 Å². The third-order valence-corrected chi connectivity index (χ3v) is 5.43. The molecular weight excluding hydrogens is 252 g/mol. The predicted octanol–water partition coefficient (Wildman–Crippen LogP) is 3.10. The molecule has 0 aromatic heterocycles. The van der Waals surface area contributed by atoms with Crippen molar-refractivity contribution in [3.05, 3.63) is 29.8 Å². The summed E-state index contributed by atoms with van der Waals surface area (Å²) in [7, 11) is 0. The number of nitrogens with zero attached hydrogens (tertiary/aromatic N) is 1. The lowest BCUT2D eigenvalue weighted by Gasteiger charge is -2.40. The normalized spacial score (nSPS) is 26.5. The summed E-state index contributed by atoms with van der Waals surface area (Å²) in [5.41, 5.74) is 2.83. The van der Waals surface area contributed by atoms with Crippen LogP contribution in [-0.2, 0) is 6.42 Å². The molecule has 0 radical (unpaired) electrons. The van der Waals surface area contributed by atoms with Crippen LogP contribution in [-0.4, -0.2) is 41.6 Å². The molecule has 2 nitrogen and oxygen atoms in total. The Morgan fingerprint density at radius 3 is 3.05 bits per heavy atom. The summed E-state index contributed by atoms with van der Waals surface area (Å²) in [6.45, 7) is 9.60. The molecular formula is C16H24N2S. The Balaban J connectivity index is 1.60. The zero-order chi connectivity index (χ0) is 13.3. The van der Waals surface area contributed by atoms with Crippen LogP contribution in [0.3, 0.4) is 0 Å². The SMILES string of the molecule is CC1(C)CN(CC2CNc3ccccc3C2)CCS1. The molecule has 2 aliphatic rings. The van der Waals surface area contributed by atoms with E-state index in [2.05, 4.69) is 60.1 Å². The van der Waals surface area contributed by atoms with Crippen LogP contribution in [0.25, 0.3) is 0 Å². The minimum absolute atomic E-state index is 0.429. The summed E-state index contributed by atoms with van der Waals surface area (Å²) in [5.74, 6) is 2.04. The number of benzene rings is 1. The van der Waals surface area contributed by atoms with Crippen LogP contribution in [0.2, 0.25) is 0 Å². The van der Waals surface area contributed by atoms with Crippen LogP contribution in [0.15, 0.2) is 24.3 Å². The maximum atomic E-state index is 3.59. The van der Waals surface area contributed by atoms with Gasteiger partial charge in [0.1, 0.15) is 0 Å². The van der Waals surface area contributed by atoms with Gasteiger partial charge in [-0.25, -0.2) is 0 Å². The van der Waals surface area contributed by atoms with Crippen LogP contribution < -0.4 is 5.32 Å². The van der Waals surface area contributed by atoms with Gasteiger partial charge < -0.3 is 10.2 Å². The van der Waals surface area contributed by atoms with Gasteiger partial charge in [0.05, 0.1) is 0 Å². The number of para-hydroxylation sites is 1. The van der Waals surface area contributed by atoms with E-state index in [1.165, 1.54) is 43.1 Å². The fourth-order valence-corrected chi connectivity index (χ4v) is 4.45.